The van der Waals surface area contributed by atoms with Gasteiger partial charge in [0, 0.05) is 17.5 Å². The van der Waals surface area contributed by atoms with Crippen molar-refractivity contribution in [2.75, 3.05) is 0 Å². The zero-order chi connectivity index (χ0) is 10.6. The molecule has 0 bridgehead atoms. The normalized spacial score (nSPS) is 12.0. The van der Waals surface area contributed by atoms with E-state index in [9.17, 15) is 0 Å². The van der Waals surface area contributed by atoms with Crippen LogP contribution >= 0.6 is 11.3 Å². The molecule has 14 heavy (non-hydrogen) atoms. The Morgan fingerprint density at radius 1 is 1.50 bits per heavy atom. The van der Waals surface area contributed by atoms with Crippen molar-refractivity contribution in [2.24, 2.45) is 0 Å². The van der Waals surface area contributed by atoms with E-state index in [1.165, 1.54) is 12.8 Å². The fourth-order valence-corrected chi connectivity index (χ4v) is 2.15. The van der Waals surface area contributed by atoms with Crippen molar-refractivity contribution >= 4 is 11.3 Å². The van der Waals surface area contributed by atoms with Gasteiger partial charge in [0.15, 0.2) is 0 Å². The maximum Gasteiger partial charge on any atom is 0.0897 e. The highest BCUT2D eigenvalue weighted by Crippen LogP contribution is 2.13. The Labute approximate surface area is 90.8 Å². The molecule has 1 rings (SSSR count). The molecule has 0 saturated carbocycles. The predicted octanol–water partition coefficient (Wildman–Crippen LogP) is 3.12. The first kappa shape index (κ1) is 11.7. The molecule has 0 fully saturated rings. The van der Waals surface area contributed by atoms with Crippen molar-refractivity contribution in [3.05, 3.63) is 16.1 Å². The second kappa shape index (κ2) is 4.89. The van der Waals surface area contributed by atoms with E-state index in [4.69, 9.17) is 0 Å². The molecule has 0 aliphatic carbocycles. The van der Waals surface area contributed by atoms with Crippen LogP contribution in [0.25, 0.3) is 0 Å². The van der Waals surface area contributed by atoms with Crippen molar-refractivity contribution in [2.45, 2.75) is 52.6 Å². The molecule has 0 radical (unpaired) electrons. The zero-order valence-corrected chi connectivity index (χ0v) is 10.4. The number of rotatable bonds is 5. The summed E-state index contributed by atoms with van der Waals surface area (Å²) in [5.41, 5.74) is 1.39. The standard InChI is InChI=1S/C11H20N2S/c1-5-6-11(3,4)12-7-10-8-14-9(2)13-10/h8,12H,5-7H2,1-4H3. The Hall–Kier alpha value is -0.410. The maximum absolute atomic E-state index is 4.43. The van der Waals surface area contributed by atoms with Crippen molar-refractivity contribution in [1.82, 2.24) is 10.3 Å². The van der Waals surface area contributed by atoms with Gasteiger partial charge in [0.2, 0.25) is 0 Å². The molecule has 1 N–H and O–H groups in total. The zero-order valence-electron chi connectivity index (χ0n) is 9.55. The molecule has 1 aromatic heterocycles. The van der Waals surface area contributed by atoms with E-state index < -0.39 is 0 Å². The summed E-state index contributed by atoms with van der Waals surface area (Å²) >= 11 is 1.72. The highest BCUT2D eigenvalue weighted by molar-refractivity contribution is 7.09. The minimum Gasteiger partial charge on any atom is -0.306 e. The van der Waals surface area contributed by atoms with E-state index in [1.54, 1.807) is 11.3 Å². The van der Waals surface area contributed by atoms with E-state index in [0.29, 0.717) is 0 Å². The summed E-state index contributed by atoms with van der Waals surface area (Å²) in [5, 5.41) is 6.81. The summed E-state index contributed by atoms with van der Waals surface area (Å²) in [5.74, 6) is 0. The van der Waals surface area contributed by atoms with Gasteiger partial charge in [-0.05, 0) is 27.2 Å². The van der Waals surface area contributed by atoms with Gasteiger partial charge in [-0.25, -0.2) is 4.98 Å². The lowest BCUT2D eigenvalue weighted by molar-refractivity contribution is 0.355. The molecule has 1 aromatic rings. The molecule has 0 saturated heterocycles. The Morgan fingerprint density at radius 3 is 2.71 bits per heavy atom. The average molecular weight is 212 g/mol. The third-order valence-electron chi connectivity index (χ3n) is 2.29. The van der Waals surface area contributed by atoms with Crippen LogP contribution in [0.2, 0.25) is 0 Å². The van der Waals surface area contributed by atoms with E-state index in [2.05, 4.69) is 36.5 Å². The topological polar surface area (TPSA) is 24.9 Å². The summed E-state index contributed by atoms with van der Waals surface area (Å²) < 4.78 is 0. The molecular weight excluding hydrogens is 192 g/mol. The van der Waals surface area contributed by atoms with E-state index in [1.807, 2.05) is 6.92 Å². The molecule has 80 valence electrons. The number of hydrogen-bond acceptors (Lipinski definition) is 3. The fourth-order valence-electron chi connectivity index (χ4n) is 1.53. The van der Waals surface area contributed by atoms with Gasteiger partial charge in [-0.3, -0.25) is 0 Å². The van der Waals surface area contributed by atoms with E-state index >= 15 is 0 Å². The largest absolute Gasteiger partial charge is 0.306 e. The lowest BCUT2D eigenvalue weighted by Crippen LogP contribution is -2.38. The first-order chi connectivity index (χ1) is 6.53. The fraction of sp³-hybridized carbons (Fsp3) is 0.727. The number of nitrogens with one attached hydrogen (secondary N) is 1. The van der Waals surface area contributed by atoms with E-state index in [0.717, 1.165) is 17.2 Å². The second-order valence-corrected chi connectivity index (χ2v) is 5.41. The Morgan fingerprint density at radius 2 is 2.21 bits per heavy atom. The highest BCUT2D eigenvalue weighted by atomic mass is 32.1. The monoisotopic (exact) mass is 212 g/mol. The predicted molar refractivity (Wildman–Crippen MR) is 62.7 cm³/mol. The Kier molecular flexibility index (Phi) is 4.08. The van der Waals surface area contributed by atoms with Gasteiger partial charge in [-0.15, -0.1) is 11.3 Å². The lowest BCUT2D eigenvalue weighted by Gasteiger charge is -2.25. The van der Waals surface area contributed by atoms with Gasteiger partial charge in [0.25, 0.3) is 0 Å². The van der Waals surface area contributed by atoms with Gasteiger partial charge < -0.3 is 5.32 Å². The van der Waals surface area contributed by atoms with Crippen LogP contribution in [0, 0.1) is 6.92 Å². The Balaban J connectivity index is 2.40. The minimum absolute atomic E-state index is 0.228. The van der Waals surface area contributed by atoms with Crippen LogP contribution in [0.5, 0.6) is 0 Å². The van der Waals surface area contributed by atoms with Gasteiger partial charge in [0.05, 0.1) is 10.7 Å². The van der Waals surface area contributed by atoms with Crippen LogP contribution in [0.1, 0.15) is 44.3 Å². The van der Waals surface area contributed by atoms with Crippen molar-refractivity contribution < 1.29 is 0 Å². The third kappa shape index (κ3) is 3.76. The number of hydrogen-bond donors (Lipinski definition) is 1. The van der Waals surface area contributed by atoms with Crippen LogP contribution in [-0.4, -0.2) is 10.5 Å². The second-order valence-electron chi connectivity index (χ2n) is 4.35. The molecular formula is C11H20N2S. The van der Waals surface area contributed by atoms with Crippen LogP contribution in [0.4, 0.5) is 0 Å². The summed E-state index contributed by atoms with van der Waals surface area (Å²) in [6, 6.07) is 0. The molecule has 3 heteroatoms. The summed E-state index contributed by atoms with van der Waals surface area (Å²) in [7, 11) is 0. The molecule has 0 atom stereocenters. The van der Waals surface area contributed by atoms with Crippen LogP contribution in [-0.2, 0) is 6.54 Å². The van der Waals surface area contributed by atoms with Crippen LogP contribution < -0.4 is 5.32 Å². The van der Waals surface area contributed by atoms with Crippen molar-refractivity contribution in [3.63, 3.8) is 0 Å². The quantitative estimate of drug-likeness (QED) is 0.811. The smallest absolute Gasteiger partial charge is 0.0897 e. The number of thiazole rings is 1. The molecule has 0 unspecified atom stereocenters. The van der Waals surface area contributed by atoms with Gasteiger partial charge in [-0.1, -0.05) is 13.3 Å². The Bertz CT molecular complexity index is 279. The average Bonchev–Trinajstić information content (AvgIpc) is 2.48. The molecule has 0 spiro atoms. The minimum atomic E-state index is 0.228. The number of aromatic nitrogens is 1. The van der Waals surface area contributed by atoms with Gasteiger partial charge in [-0.2, -0.15) is 0 Å². The van der Waals surface area contributed by atoms with Crippen molar-refractivity contribution in [3.8, 4) is 0 Å². The van der Waals surface area contributed by atoms with Crippen molar-refractivity contribution in [1.29, 1.82) is 0 Å². The van der Waals surface area contributed by atoms with Crippen LogP contribution in [0.15, 0.2) is 5.38 Å². The van der Waals surface area contributed by atoms with Gasteiger partial charge in [0.1, 0.15) is 0 Å². The first-order valence-corrected chi connectivity index (χ1v) is 6.07. The number of nitrogens with zero attached hydrogens (tertiary/aromatic N) is 1. The molecule has 0 amide bonds. The SMILES string of the molecule is CCCC(C)(C)NCc1csc(C)n1. The molecule has 0 aliphatic heterocycles. The lowest BCUT2D eigenvalue weighted by atomic mass is 9.99. The highest BCUT2D eigenvalue weighted by Gasteiger charge is 2.15. The van der Waals surface area contributed by atoms with Crippen LogP contribution in [0.3, 0.4) is 0 Å². The molecule has 0 aliphatic rings. The molecule has 0 aromatic carbocycles. The first-order valence-electron chi connectivity index (χ1n) is 5.19. The summed E-state index contributed by atoms with van der Waals surface area (Å²) in [4.78, 5) is 4.43. The third-order valence-corrected chi connectivity index (χ3v) is 3.11. The summed E-state index contributed by atoms with van der Waals surface area (Å²) in [6.07, 6.45) is 2.42. The van der Waals surface area contributed by atoms with E-state index in [-0.39, 0.29) is 5.54 Å². The summed E-state index contributed by atoms with van der Waals surface area (Å²) in [6.45, 7) is 9.64. The maximum atomic E-state index is 4.43. The van der Waals surface area contributed by atoms with Gasteiger partial charge >= 0.3 is 0 Å². The molecule has 2 nitrogen and oxygen atoms in total. The molecule has 1 heterocycles. The number of aryl methyl sites for hydroxylation is 1.